The summed E-state index contributed by atoms with van der Waals surface area (Å²) in [5.41, 5.74) is 7.26. The van der Waals surface area contributed by atoms with E-state index in [2.05, 4.69) is 15.0 Å². The summed E-state index contributed by atoms with van der Waals surface area (Å²) in [4.78, 5) is 13.0. The molecule has 92 valence electrons. The second-order valence-electron chi connectivity index (χ2n) is 3.74. The van der Waals surface area contributed by atoms with Crippen LogP contribution in [0.4, 0.5) is 5.00 Å². The van der Waals surface area contributed by atoms with E-state index < -0.39 is 0 Å². The molecule has 0 bridgehead atoms. The van der Waals surface area contributed by atoms with Gasteiger partial charge in [0.25, 0.3) is 0 Å². The first kappa shape index (κ1) is 11.0. The highest BCUT2D eigenvalue weighted by Crippen LogP contribution is 2.28. The lowest BCUT2D eigenvalue weighted by Crippen LogP contribution is -1.93. The maximum atomic E-state index is 5.72. The van der Waals surface area contributed by atoms with Crippen LogP contribution in [-0.2, 0) is 0 Å². The van der Waals surface area contributed by atoms with Gasteiger partial charge in [-0.05, 0) is 25.1 Å². The molecule has 0 unspecified atom stereocenters. The molecule has 0 amide bonds. The third kappa shape index (κ3) is 1.91. The highest BCUT2D eigenvalue weighted by Gasteiger charge is 2.09. The van der Waals surface area contributed by atoms with Crippen molar-refractivity contribution in [3.05, 3.63) is 24.3 Å². The quantitative estimate of drug-likeness (QED) is 0.759. The van der Waals surface area contributed by atoms with Crippen LogP contribution < -0.4 is 10.5 Å². The van der Waals surface area contributed by atoms with Crippen LogP contribution in [0.25, 0.3) is 21.9 Å². The van der Waals surface area contributed by atoms with Crippen LogP contribution in [-0.4, -0.2) is 21.6 Å². The Morgan fingerprint density at radius 1 is 1.28 bits per heavy atom. The van der Waals surface area contributed by atoms with Gasteiger partial charge < -0.3 is 15.5 Å². The van der Waals surface area contributed by atoms with E-state index in [1.54, 1.807) is 0 Å². The number of nitrogen functional groups attached to an aromatic ring is 1. The topological polar surface area (TPSA) is 76.8 Å². The third-order valence-corrected chi connectivity index (χ3v) is 3.39. The number of pyridine rings is 1. The van der Waals surface area contributed by atoms with E-state index in [0.29, 0.717) is 18.1 Å². The zero-order valence-corrected chi connectivity index (χ0v) is 10.6. The maximum Gasteiger partial charge on any atom is 0.215 e. The second kappa shape index (κ2) is 4.30. The van der Waals surface area contributed by atoms with Gasteiger partial charge in [0.15, 0.2) is 11.5 Å². The molecule has 0 aliphatic heterocycles. The zero-order chi connectivity index (χ0) is 12.5. The highest BCUT2D eigenvalue weighted by atomic mass is 32.1. The SMILES string of the molecule is CCOc1ccc2[nH]c(-c3ccc(N)s3)nc2n1. The molecule has 0 fully saturated rings. The van der Waals surface area contributed by atoms with Crippen molar-refractivity contribution in [2.75, 3.05) is 12.3 Å². The van der Waals surface area contributed by atoms with Crippen molar-refractivity contribution in [2.45, 2.75) is 6.92 Å². The largest absolute Gasteiger partial charge is 0.478 e. The Labute approximate surface area is 108 Å². The van der Waals surface area contributed by atoms with Crippen molar-refractivity contribution in [3.8, 4) is 16.6 Å². The van der Waals surface area contributed by atoms with E-state index in [-0.39, 0.29) is 0 Å². The summed E-state index contributed by atoms with van der Waals surface area (Å²) in [5, 5.41) is 0.772. The minimum absolute atomic E-state index is 0.591. The van der Waals surface area contributed by atoms with E-state index in [1.165, 1.54) is 11.3 Å². The number of nitrogens with zero attached hydrogens (tertiary/aromatic N) is 2. The summed E-state index contributed by atoms with van der Waals surface area (Å²) in [6.07, 6.45) is 0. The second-order valence-corrected chi connectivity index (χ2v) is 4.86. The molecule has 3 N–H and O–H groups in total. The Kier molecular flexibility index (Phi) is 2.64. The Morgan fingerprint density at radius 2 is 2.17 bits per heavy atom. The number of aromatic amines is 1. The highest BCUT2D eigenvalue weighted by molar-refractivity contribution is 7.19. The molecule has 0 aliphatic rings. The van der Waals surface area contributed by atoms with E-state index in [0.717, 1.165) is 21.2 Å². The van der Waals surface area contributed by atoms with Crippen molar-refractivity contribution in [1.29, 1.82) is 0 Å². The number of nitrogens with two attached hydrogens (primary N) is 1. The fraction of sp³-hybridized carbons (Fsp3) is 0.167. The van der Waals surface area contributed by atoms with Crippen molar-refractivity contribution in [1.82, 2.24) is 15.0 Å². The first-order chi connectivity index (χ1) is 8.76. The van der Waals surface area contributed by atoms with Crippen LogP contribution in [0.2, 0.25) is 0 Å². The number of aromatic nitrogens is 3. The molecular formula is C12H12N4OS. The molecule has 0 saturated heterocycles. The zero-order valence-electron chi connectivity index (χ0n) is 9.80. The number of rotatable bonds is 3. The lowest BCUT2D eigenvalue weighted by atomic mass is 10.4. The van der Waals surface area contributed by atoms with Crippen molar-refractivity contribution in [2.24, 2.45) is 0 Å². The molecule has 18 heavy (non-hydrogen) atoms. The van der Waals surface area contributed by atoms with Crippen LogP contribution in [0.5, 0.6) is 5.88 Å². The Balaban J connectivity index is 2.05. The van der Waals surface area contributed by atoms with Gasteiger partial charge in [0, 0.05) is 6.07 Å². The van der Waals surface area contributed by atoms with Crippen LogP contribution in [0.1, 0.15) is 6.92 Å². The van der Waals surface area contributed by atoms with Gasteiger partial charge in [0.05, 0.1) is 22.0 Å². The smallest absolute Gasteiger partial charge is 0.215 e. The van der Waals surface area contributed by atoms with Gasteiger partial charge in [-0.15, -0.1) is 11.3 Å². The number of hydrogen-bond acceptors (Lipinski definition) is 5. The molecule has 0 aliphatic carbocycles. The monoisotopic (exact) mass is 260 g/mol. The number of imidazole rings is 1. The number of fused-ring (bicyclic) bond motifs is 1. The number of thiophene rings is 1. The van der Waals surface area contributed by atoms with Crippen LogP contribution in [0.15, 0.2) is 24.3 Å². The van der Waals surface area contributed by atoms with Crippen LogP contribution in [0, 0.1) is 0 Å². The number of nitrogens with one attached hydrogen (secondary N) is 1. The molecule has 0 atom stereocenters. The molecule has 0 spiro atoms. The molecule has 3 heterocycles. The Morgan fingerprint density at radius 3 is 2.89 bits per heavy atom. The number of ether oxygens (including phenoxy) is 1. The third-order valence-electron chi connectivity index (χ3n) is 2.47. The minimum atomic E-state index is 0.591. The lowest BCUT2D eigenvalue weighted by molar-refractivity contribution is 0.328. The number of H-pyrrole nitrogens is 1. The van der Waals surface area contributed by atoms with Gasteiger partial charge in [-0.1, -0.05) is 0 Å². The molecule has 0 aromatic carbocycles. The predicted molar refractivity (Wildman–Crippen MR) is 72.8 cm³/mol. The number of anilines is 1. The van der Waals surface area contributed by atoms with Gasteiger partial charge in [-0.2, -0.15) is 4.98 Å². The molecule has 5 nitrogen and oxygen atoms in total. The van der Waals surface area contributed by atoms with Gasteiger partial charge >= 0.3 is 0 Å². The first-order valence-corrected chi connectivity index (χ1v) is 6.43. The average Bonchev–Trinajstić information content (AvgIpc) is 2.94. The fourth-order valence-electron chi connectivity index (χ4n) is 1.70. The van der Waals surface area contributed by atoms with E-state index in [1.807, 2.05) is 31.2 Å². The van der Waals surface area contributed by atoms with Crippen molar-refractivity contribution >= 4 is 27.5 Å². The summed E-state index contributed by atoms with van der Waals surface area (Å²) in [5.74, 6) is 1.38. The summed E-state index contributed by atoms with van der Waals surface area (Å²) < 4.78 is 5.35. The molecular weight excluding hydrogens is 248 g/mol. The van der Waals surface area contributed by atoms with Gasteiger partial charge in [-0.3, -0.25) is 0 Å². The average molecular weight is 260 g/mol. The maximum absolute atomic E-state index is 5.72. The Bertz CT molecular complexity index is 688. The van der Waals surface area contributed by atoms with E-state index in [4.69, 9.17) is 10.5 Å². The lowest BCUT2D eigenvalue weighted by Gasteiger charge is -1.99. The molecule has 3 aromatic heterocycles. The molecule has 0 radical (unpaired) electrons. The standard InChI is InChI=1S/C12H12N4OS/c1-2-17-10-6-3-7-11(15-10)16-12(14-7)8-4-5-9(13)18-8/h3-6H,2,13H2,1H3,(H,14,15,16). The van der Waals surface area contributed by atoms with Crippen LogP contribution in [0.3, 0.4) is 0 Å². The normalized spacial score (nSPS) is 10.9. The first-order valence-electron chi connectivity index (χ1n) is 5.61. The summed E-state index contributed by atoms with van der Waals surface area (Å²) in [6.45, 7) is 2.52. The summed E-state index contributed by atoms with van der Waals surface area (Å²) in [7, 11) is 0. The molecule has 3 rings (SSSR count). The van der Waals surface area contributed by atoms with Crippen molar-refractivity contribution in [3.63, 3.8) is 0 Å². The van der Waals surface area contributed by atoms with Crippen LogP contribution >= 0.6 is 11.3 Å². The van der Waals surface area contributed by atoms with Gasteiger partial charge in [0.1, 0.15) is 0 Å². The Hall–Kier alpha value is -2.08. The number of hydrogen-bond donors (Lipinski definition) is 2. The fourth-order valence-corrected chi connectivity index (χ4v) is 2.42. The van der Waals surface area contributed by atoms with E-state index in [9.17, 15) is 0 Å². The molecule has 3 aromatic rings. The minimum Gasteiger partial charge on any atom is -0.478 e. The van der Waals surface area contributed by atoms with Crippen molar-refractivity contribution < 1.29 is 4.74 Å². The predicted octanol–water partition coefficient (Wildman–Crippen LogP) is 2.67. The summed E-state index contributed by atoms with van der Waals surface area (Å²) >= 11 is 1.50. The molecule has 0 saturated carbocycles. The van der Waals surface area contributed by atoms with Gasteiger partial charge in [-0.25, -0.2) is 4.98 Å². The van der Waals surface area contributed by atoms with E-state index >= 15 is 0 Å². The molecule has 6 heteroatoms. The summed E-state index contributed by atoms with van der Waals surface area (Å²) in [6, 6.07) is 7.56. The van der Waals surface area contributed by atoms with Gasteiger partial charge in [0.2, 0.25) is 5.88 Å².